The molecule has 0 saturated carbocycles. The van der Waals surface area contributed by atoms with Gasteiger partial charge in [-0.25, -0.2) is 4.98 Å². The third kappa shape index (κ3) is 5.17. The number of fused-ring (bicyclic) bond motifs is 1. The fraction of sp³-hybridized carbons (Fsp3) is 0.440. The van der Waals surface area contributed by atoms with E-state index in [0.29, 0.717) is 35.0 Å². The summed E-state index contributed by atoms with van der Waals surface area (Å²) >= 11 is 6.41. The number of aryl methyl sites for hydroxylation is 1. The number of rotatable bonds is 7. The third-order valence-electron chi connectivity index (χ3n) is 6.12. The molecule has 0 amide bonds. The van der Waals surface area contributed by atoms with Crippen molar-refractivity contribution in [3.05, 3.63) is 45.8 Å². The van der Waals surface area contributed by atoms with Gasteiger partial charge in [-0.05, 0) is 42.5 Å². The van der Waals surface area contributed by atoms with Gasteiger partial charge in [0.25, 0.3) is 5.56 Å². The van der Waals surface area contributed by atoms with Gasteiger partial charge in [-0.2, -0.15) is 4.98 Å². The van der Waals surface area contributed by atoms with Crippen molar-refractivity contribution in [2.24, 2.45) is 18.9 Å². The summed E-state index contributed by atoms with van der Waals surface area (Å²) in [7, 11) is 1.68. The first-order chi connectivity index (χ1) is 16.2. The summed E-state index contributed by atoms with van der Waals surface area (Å²) in [6, 6.07) is 7.28. The van der Waals surface area contributed by atoms with E-state index in [2.05, 4.69) is 29.0 Å². The summed E-state index contributed by atoms with van der Waals surface area (Å²) in [5.41, 5.74) is 1.22. The quantitative estimate of drug-likeness (QED) is 0.526. The molecule has 180 valence electrons. The summed E-state index contributed by atoms with van der Waals surface area (Å²) in [6.45, 7) is 7.96. The number of hydrogen-bond acceptors (Lipinski definition) is 7. The Morgan fingerprint density at radius 1 is 1.24 bits per heavy atom. The third-order valence-corrected chi connectivity index (χ3v) is 6.40. The lowest BCUT2D eigenvalue weighted by Crippen LogP contribution is -2.39. The van der Waals surface area contributed by atoms with Crippen LogP contribution in [0, 0.1) is 11.8 Å². The number of benzene rings is 1. The molecule has 0 radical (unpaired) electrons. The lowest BCUT2D eigenvalue weighted by molar-refractivity contribution is -0.120. The number of piperidine rings is 1. The Balaban J connectivity index is 1.62. The van der Waals surface area contributed by atoms with E-state index in [1.54, 1.807) is 26.2 Å². The molecule has 0 aliphatic carbocycles. The Kier molecular flexibility index (Phi) is 7.07. The van der Waals surface area contributed by atoms with Gasteiger partial charge in [-0.1, -0.05) is 32.4 Å². The highest BCUT2D eigenvalue weighted by molar-refractivity contribution is 6.32. The minimum absolute atomic E-state index is 0.0655. The largest absolute Gasteiger partial charge is 0.480 e. The number of Topliss-reactive ketones (excluding diaryl/α,β-unsaturated/α-hetero) is 1. The van der Waals surface area contributed by atoms with Gasteiger partial charge in [-0.15, -0.1) is 0 Å². The summed E-state index contributed by atoms with van der Waals surface area (Å²) < 4.78 is 7.02. The number of hydrogen-bond donors (Lipinski definition) is 1. The number of ketones is 1. The molecule has 2 aromatic heterocycles. The SMILES string of the molecule is CCC(=O)COc1cc2cc(Nc3nc(N4CC(C)CC(C)C4)ncc3Cl)ccc2n(C)c1=O. The number of halogens is 1. The number of ether oxygens (including phenoxy) is 1. The van der Waals surface area contributed by atoms with Gasteiger partial charge in [0.1, 0.15) is 11.6 Å². The molecule has 1 saturated heterocycles. The lowest BCUT2D eigenvalue weighted by atomic mass is 9.92. The molecule has 3 heterocycles. The number of nitrogens with one attached hydrogen (secondary N) is 1. The van der Waals surface area contributed by atoms with Crippen LogP contribution in [-0.2, 0) is 11.8 Å². The van der Waals surface area contributed by atoms with E-state index in [1.807, 2.05) is 18.2 Å². The fourth-order valence-electron chi connectivity index (χ4n) is 4.46. The number of nitrogens with zero attached hydrogens (tertiary/aromatic N) is 4. The molecule has 2 unspecified atom stereocenters. The predicted molar refractivity (Wildman–Crippen MR) is 135 cm³/mol. The van der Waals surface area contributed by atoms with Gasteiger partial charge in [0.15, 0.2) is 17.4 Å². The van der Waals surface area contributed by atoms with Crippen molar-refractivity contribution in [1.82, 2.24) is 14.5 Å². The van der Waals surface area contributed by atoms with Crippen molar-refractivity contribution in [2.45, 2.75) is 33.6 Å². The van der Waals surface area contributed by atoms with Gasteiger partial charge in [0.2, 0.25) is 5.95 Å². The Morgan fingerprint density at radius 3 is 2.68 bits per heavy atom. The predicted octanol–water partition coefficient (Wildman–Crippen LogP) is 4.57. The fourth-order valence-corrected chi connectivity index (χ4v) is 4.59. The highest BCUT2D eigenvalue weighted by Crippen LogP contribution is 2.29. The van der Waals surface area contributed by atoms with E-state index >= 15 is 0 Å². The van der Waals surface area contributed by atoms with E-state index in [4.69, 9.17) is 21.3 Å². The smallest absolute Gasteiger partial charge is 0.293 e. The second-order valence-electron chi connectivity index (χ2n) is 9.17. The second-order valence-corrected chi connectivity index (χ2v) is 9.58. The first-order valence-electron chi connectivity index (χ1n) is 11.6. The molecular weight excluding hydrogens is 454 g/mol. The van der Waals surface area contributed by atoms with Gasteiger partial charge in [0.05, 0.1) is 11.7 Å². The number of anilines is 3. The van der Waals surface area contributed by atoms with Gasteiger partial charge in [0, 0.05) is 37.6 Å². The molecular formula is C25H30ClN5O3. The Hall–Kier alpha value is -3.13. The average Bonchev–Trinajstić information content (AvgIpc) is 2.81. The van der Waals surface area contributed by atoms with Crippen molar-refractivity contribution >= 4 is 45.7 Å². The van der Waals surface area contributed by atoms with Crippen molar-refractivity contribution < 1.29 is 9.53 Å². The summed E-state index contributed by atoms with van der Waals surface area (Å²) in [4.78, 5) is 35.6. The molecule has 1 aliphatic heterocycles. The van der Waals surface area contributed by atoms with Crippen LogP contribution in [0.2, 0.25) is 5.02 Å². The van der Waals surface area contributed by atoms with Crippen LogP contribution in [-0.4, -0.2) is 40.0 Å². The number of carbonyl (C=O) groups excluding carboxylic acids is 1. The first-order valence-corrected chi connectivity index (χ1v) is 12.0. The van der Waals surface area contributed by atoms with Gasteiger partial charge < -0.3 is 19.5 Å². The highest BCUT2D eigenvalue weighted by Gasteiger charge is 2.24. The molecule has 0 spiro atoms. The number of carbonyl (C=O) groups is 1. The molecule has 1 aliphatic rings. The normalized spacial score (nSPS) is 18.2. The molecule has 9 heteroatoms. The molecule has 8 nitrogen and oxygen atoms in total. The van der Waals surface area contributed by atoms with Crippen LogP contribution in [0.5, 0.6) is 5.75 Å². The molecule has 4 rings (SSSR count). The maximum Gasteiger partial charge on any atom is 0.293 e. The van der Waals surface area contributed by atoms with E-state index in [9.17, 15) is 9.59 Å². The molecule has 2 atom stereocenters. The maximum atomic E-state index is 12.6. The van der Waals surface area contributed by atoms with E-state index < -0.39 is 0 Å². The van der Waals surface area contributed by atoms with Crippen LogP contribution in [0.3, 0.4) is 0 Å². The van der Waals surface area contributed by atoms with Crippen LogP contribution >= 0.6 is 11.6 Å². The van der Waals surface area contributed by atoms with Crippen LogP contribution in [0.25, 0.3) is 10.9 Å². The zero-order chi connectivity index (χ0) is 24.4. The van der Waals surface area contributed by atoms with E-state index in [-0.39, 0.29) is 23.7 Å². The lowest BCUT2D eigenvalue weighted by Gasteiger charge is -2.35. The molecule has 1 N–H and O–H groups in total. The number of pyridine rings is 1. The van der Waals surface area contributed by atoms with Crippen LogP contribution in [0.4, 0.5) is 17.5 Å². The van der Waals surface area contributed by atoms with Crippen molar-refractivity contribution in [2.75, 3.05) is 29.9 Å². The highest BCUT2D eigenvalue weighted by atomic mass is 35.5. The molecule has 3 aromatic rings. The Morgan fingerprint density at radius 2 is 1.97 bits per heavy atom. The summed E-state index contributed by atoms with van der Waals surface area (Å²) in [6.07, 6.45) is 3.18. The average molecular weight is 484 g/mol. The van der Waals surface area contributed by atoms with Crippen molar-refractivity contribution in [3.63, 3.8) is 0 Å². The van der Waals surface area contributed by atoms with Crippen LogP contribution in [0.15, 0.2) is 35.3 Å². The minimum atomic E-state index is -0.286. The topological polar surface area (TPSA) is 89.3 Å². The van der Waals surface area contributed by atoms with E-state index in [1.165, 1.54) is 11.0 Å². The van der Waals surface area contributed by atoms with Crippen LogP contribution in [0.1, 0.15) is 33.6 Å². The minimum Gasteiger partial charge on any atom is -0.480 e. The van der Waals surface area contributed by atoms with Crippen molar-refractivity contribution in [3.8, 4) is 5.75 Å². The van der Waals surface area contributed by atoms with Gasteiger partial charge >= 0.3 is 0 Å². The molecule has 34 heavy (non-hydrogen) atoms. The standard InChI is InChI=1S/C25H30ClN5O3/c1-5-19(32)14-34-22-10-17-9-18(6-7-21(17)30(4)24(22)33)28-23-20(26)11-27-25(29-23)31-12-15(2)8-16(3)13-31/h6-7,9-11,15-16H,5,8,12-14H2,1-4H3,(H,27,28,29). The zero-order valence-corrected chi connectivity index (χ0v) is 20.7. The maximum absolute atomic E-state index is 12.6. The second kappa shape index (κ2) is 10.0. The monoisotopic (exact) mass is 483 g/mol. The van der Waals surface area contributed by atoms with Crippen LogP contribution < -0.4 is 20.5 Å². The van der Waals surface area contributed by atoms with Crippen molar-refractivity contribution in [1.29, 1.82) is 0 Å². The number of aromatic nitrogens is 3. The molecule has 1 aromatic carbocycles. The first kappa shape index (κ1) is 24.0. The van der Waals surface area contributed by atoms with Gasteiger partial charge in [-0.3, -0.25) is 9.59 Å². The Bertz CT molecular complexity index is 1270. The zero-order valence-electron chi connectivity index (χ0n) is 20.0. The summed E-state index contributed by atoms with van der Waals surface area (Å²) in [5.74, 6) is 2.41. The Labute approximate surface area is 203 Å². The molecule has 0 bridgehead atoms. The molecule has 1 fully saturated rings. The summed E-state index contributed by atoms with van der Waals surface area (Å²) in [5, 5.41) is 4.50. The van der Waals surface area contributed by atoms with E-state index in [0.717, 1.165) is 29.7 Å².